The molecule has 0 aliphatic carbocycles. The van der Waals surface area contributed by atoms with Crippen LogP contribution in [0.5, 0.6) is 0 Å². The summed E-state index contributed by atoms with van der Waals surface area (Å²) in [5.41, 5.74) is 0. The van der Waals surface area contributed by atoms with Gasteiger partial charge in [-0.1, -0.05) is 12.0 Å². The molecule has 1 aromatic heterocycles. The van der Waals surface area contributed by atoms with Gasteiger partial charge in [0.1, 0.15) is 0 Å². The lowest BCUT2D eigenvalue weighted by Crippen LogP contribution is -2.52. The fraction of sp³-hybridized carbons (Fsp3) is 0.778. The van der Waals surface area contributed by atoms with Crippen LogP contribution in [0.25, 0.3) is 0 Å². The summed E-state index contributed by atoms with van der Waals surface area (Å²) in [7, 11) is -3.34. The normalized spacial score (nSPS) is 18.2. The lowest BCUT2D eigenvalue weighted by Gasteiger charge is -2.32. The largest absolute Gasteiger partial charge is 0.408 e. The molecular formula is C9H17N5O3S. The molecule has 1 saturated heterocycles. The van der Waals surface area contributed by atoms with E-state index in [1.165, 1.54) is 4.31 Å². The lowest BCUT2D eigenvalue weighted by molar-refractivity contribution is 0.365. The molecule has 1 aromatic rings. The van der Waals surface area contributed by atoms with Gasteiger partial charge in [0.15, 0.2) is 0 Å². The van der Waals surface area contributed by atoms with Crippen LogP contribution in [0.2, 0.25) is 0 Å². The number of hydrogen-bond donors (Lipinski definition) is 1. The van der Waals surface area contributed by atoms with Crippen molar-refractivity contribution in [3.63, 3.8) is 0 Å². The van der Waals surface area contributed by atoms with Gasteiger partial charge in [0.25, 0.3) is 10.2 Å². The van der Waals surface area contributed by atoms with Crippen LogP contribution in [0.1, 0.15) is 12.8 Å². The van der Waals surface area contributed by atoms with E-state index in [9.17, 15) is 8.42 Å². The van der Waals surface area contributed by atoms with Crippen LogP contribution in [0.3, 0.4) is 0 Å². The number of aromatic nitrogens is 2. The average Bonchev–Trinajstić information content (AvgIpc) is 2.76. The van der Waals surface area contributed by atoms with E-state index >= 15 is 0 Å². The molecule has 102 valence electrons. The molecule has 2 heterocycles. The Labute approximate surface area is 106 Å². The number of aryl methyl sites for hydroxylation is 1. The van der Waals surface area contributed by atoms with Gasteiger partial charge in [-0.05, 0) is 0 Å². The molecular weight excluding hydrogens is 258 g/mol. The summed E-state index contributed by atoms with van der Waals surface area (Å²) in [5, 5.41) is 7.68. The molecule has 1 aliphatic rings. The minimum atomic E-state index is -3.34. The first-order valence-electron chi connectivity index (χ1n) is 5.82. The van der Waals surface area contributed by atoms with Crippen molar-refractivity contribution in [3.05, 3.63) is 5.89 Å². The van der Waals surface area contributed by atoms with Crippen LogP contribution < -0.4 is 9.62 Å². The quantitative estimate of drug-likeness (QED) is 0.785. The summed E-state index contributed by atoms with van der Waals surface area (Å²) in [6.45, 7) is 5.80. The first-order chi connectivity index (χ1) is 8.53. The van der Waals surface area contributed by atoms with Crippen LogP contribution in [0, 0.1) is 6.92 Å². The van der Waals surface area contributed by atoms with E-state index in [2.05, 4.69) is 14.9 Å². The maximum absolute atomic E-state index is 11.8. The molecule has 0 saturated carbocycles. The van der Waals surface area contributed by atoms with Crippen molar-refractivity contribution >= 4 is 16.2 Å². The number of nitrogens with one attached hydrogen (secondary N) is 1. The zero-order valence-corrected chi connectivity index (χ0v) is 11.3. The van der Waals surface area contributed by atoms with E-state index in [1.54, 1.807) is 13.8 Å². The van der Waals surface area contributed by atoms with Gasteiger partial charge in [-0.25, -0.2) is 4.72 Å². The van der Waals surface area contributed by atoms with Gasteiger partial charge in [-0.15, -0.1) is 5.10 Å². The van der Waals surface area contributed by atoms with Gasteiger partial charge in [-0.3, -0.25) is 0 Å². The van der Waals surface area contributed by atoms with E-state index in [4.69, 9.17) is 4.42 Å². The second-order valence-electron chi connectivity index (χ2n) is 3.99. The Morgan fingerprint density at radius 3 is 2.44 bits per heavy atom. The Hall–Kier alpha value is -1.19. The fourth-order valence-electron chi connectivity index (χ4n) is 1.81. The smallest absolute Gasteiger partial charge is 0.318 e. The molecule has 0 atom stereocenters. The van der Waals surface area contributed by atoms with Gasteiger partial charge in [0.05, 0.1) is 0 Å². The highest BCUT2D eigenvalue weighted by molar-refractivity contribution is 7.87. The molecule has 8 nitrogen and oxygen atoms in total. The van der Waals surface area contributed by atoms with Crippen molar-refractivity contribution in [3.8, 4) is 0 Å². The highest BCUT2D eigenvalue weighted by Crippen LogP contribution is 2.15. The Bertz CT molecular complexity index is 492. The monoisotopic (exact) mass is 275 g/mol. The third-order valence-corrected chi connectivity index (χ3v) is 4.39. The van der Waals surface area contributed by atoms with Crippen LogP contribution in [0.4, 0.5) is 6.01 Å². The topological polar surface area (TPSA) is 91.6 Å². The van der Waals surface area contributed by atoms with E-state index in [-0.39, 0.29) is 0 Å². The number of anilines is 1. The summed E-state index contributed by atoms with van der Waals surface area (Å²) in [4.78, 5) is 1.89. The Balaban J connectivity index is 1.96. The van der Waals surface area contributed by atoms with Crippen molar-refractivity contribution in [1.82, 2.24) is 19.2 Å². The summed E-state index contributed by atoms with van der Waals surface area (Å²) in [6, 6.07) is 0.452. The summed E-state index contributed by atoms with van der Waals surface area (Å²) in [6.07, 6.45) is 0. The van der Waals surface area contributed by atoms with E-state index < -0.39 is 10.2 Å². The molecule has 0 aromatic carbocycles. The van der Waals surface area contributed by atoms with Crippen molar-refractivity contribution in [2.75, 3.05) is 37.6 Å². The van der Waals surface area contributed by atoms with E-state index in [1.807, 2.05) is 4.90 Å². The van der Waals surface area contributed by atoms with Crippen molar-refractivity contribution in [1.29, 1.82) is 0 Å². The third kappa shape index (κ3) is 2.79. The van der Waals surface area contributed by atoms with Crippen LogP contribution in [-0.4, -0.2) is 55.6 Å². The summed E-state index contributed by atoms with van der Waals surface area (Å²) in [5.74, 6) is 0.507. The molecule has 0 spiro atoms. The first-order valence-corrected chi connectivity index (χ1v) is 7.26. The van der Waals surface area contributed by atoms with Gasteiger partial charge >= 0.3 is 6.01 Å². The molecule has 1 fully saturated rings. The molecule has 0 unspecified atom stereocenters. The number of piperazine rings is 1. The molecule has 0 bridgehead atoms. The molecule has 0 radical (unpaired) electrons. The predicted octanol–water partition coefficient (Wildman–Crippen LogP) is -0.646. The van der Waals surface area contributed by atoms with Crippen molar-refractivity contribution < 1.29 is 12.8 Å². The molecule has 0 amide bonds. The Kier molecular flexibility index (Phi) is 3.83. The molecule has 9 heteroatoms. The first kappa shape index (κ1) is 13.2. The zero-order valence-electron chi connectivity index (χ0n) is 10.5. The van der Waals surface area contributed by atoms with E-state index in [0.29, 0.717) is 44.6 Å². The van der Waals surface area contributed by atoms with Crippen LogP contribution in [-0.2, 0) is 10.2 Å². The summed E-state index contributed by atoms with van der Waals surface area (Å²) < 4.78 is 32.8. The highest BCUT2D eigenvalue weighted by Gasteiger charge is 2.27. The fourth-order valence-corrected chi connectivity index (χ4v) is 3.00. The minimum Gasteiger partial charge on any atom is -0.408 e. The molecule has 2 rings (SSSR count). The van der Waals surface area contributed by atoms with Crippen LogP contribution in [0.15, 0.2) is 4.42 Å². The predicted molar refractivity (Wildman–Crippen MR) is 65.4 cm³/mol. The number of rotatable bonds is 4. The standard InChI is InChI=1S/C9H17N5O3S/c1-3-10-18(15,16)14-6-4-13(5-7-14)9-12-11-8(2)17-9/h10H,3-7H2,1-2H3. The second kappa shape index (κ2) is 5.21. The second-order valence-corrected chi connectivity index (χ2v) is 5.75. The lowest BCUT2D eigenvalue weighted by atomic mass is 10.4. The van der Waals surface area contributed by atoms with Gasteiger partial charge in [0.2, 0.25) is 5.89 Å². The Morgan fingerprint density at radius 2 is 1.94 bits per heavy atom. The summed E-state index contributed by atoms with van der Waals surface area (Å²) >= 11 is 0. The van der Waals surface area contributed by atoms with E-state index in [0.717, 1.165) is 0 Å². The van der Waals surface area contributed by atoms with Crippen LogP contribution >= 0.6 is 0 Å². The maximum Gasteiger partial charge on any atom is 0.318 e. The number of hydrogen-bond acceptors (Lipinski definition) is 6. The SMILES string of the molecule is CCNS(=O)(=O)N1CCN(c2nnc(C)o2)CC1. The van der Waals surface area contributed by atoms with Gasteiger partial charge < -0.3 is 9.32 Å². The highest BCUT2D eigenvalue weighted by atomic mass is 32.2. The minimum absolute atomic E-state index is 0.394. The van der Waals surface area contributed by atoms with Gasteiger partial charge in [0, 0.05) is 39.6 Å². The zero-order chi connectivity index (χ0) is 13.2. The van der Waals surface area contributed by atoms with Crippen molar-refractivity contribution in [2.24, 2.45) is 0 Å². The Morgan fingerprint density at radius 1 is 1.28 bits per heavy atom. The average molecular weight is 275 g/mol. The molecule has 1 N–H and O–H groups in total. The van der Waals surface area contributed by atoms with Crippen molar-refractivity contribution in [2.45, 2.75) is 13.8 Å². The molecule has 18 heavy (non-hydrogen) atoms. The molecule has 1 aliphatic heterocycles. The van der Waals surface area contributed by atoms with Gasteiger partial charge in [-0.2, -0.15) is 12.7 Å². The third-order valence-electron chi connectivity index (χ3n) is 2.69. The maximum atomic E-state index is 11.8. The number of nitrogens with zero attached hydrogens (tertiary/aromatic N) is 4.